The normalized spacial score (nSPS) is 13.7. The molecule has 0 saturated heterocycles. The van der Waals surface area contributed by atoms with Crippen molar-refractivity contribution < 1.29 is 4.74 Å². The fraction of sp³-hybridized carbons (Fsp3) is 0.455. The van der Waals surface area contributed by atoms with Crippen molar-refractivity contribution in [1.29, 1.82) is 0 Å². The number of hydrogen-bond acceptors (Lipinski definition) is 4. The largest absolute Gasteiger partial charge is 0.480 e. The van der Waals surface area contributed by atoms with Gasteiger partial charge in [-0.25, -0.2) is 9.97 Å². The maximum Gasteiger partial charge on any atom is 0.222 e. The zero-order valence-corrected chi connectivity index (χ0v) is 16.8. The molecule has 0 N–H and O–H groups in total. The van der Waals surface area contributed by atoms with Gasteiger partial charge in [-0.2, -0.15) is 0 Å². The standard InChI is InChI=1S/C22H29N3O/c1-7-16-13-19-20(15(5)11-12-25(19)8-2)24-21(16)17-9-10-18(14(3)4)23-22(17)26-6/h9-11,13-14H,7-8,12H2,1-6H3. The molecular weight excluding hydrogens is 322 g/mol. The number of methoxy groups -OCH3 is 1. The predicted octanol–water partition coefficient (Wildman–Crippen LogP) is 5.08. The van der Waals surface area contributed by atoms with Gasteiger partial charge in [-0.3, -0.25) is 0 Å². The number of rotatable bonds is 5. The van der Waals surface area contributed by atoms with E-state index in [1.54, 1.807) is 7.11 Å². The summed E-state index contributed by atoms with van der Waals surface area (Å²) >= 11 is 0. The van der Waals surface area contributed by atoms with E-state index in [1.807, 2.05) is 0 Å². The Bertz CT molecular complexity index is 840. The molecule has 138 valence electrons. The highest BCUT2D eigenvalue weighted by Crippen LogP contribution is 2.37. The molecule has 0 saturated carbocycles. The van der Waals surface area contributed by atoms with Crippen molar-refractivity contribution in [3.8, 4) is 17.1 Å². The first kappa shape index (κ1) is 18.4. The summed E-state index contributed by atoms with van der Waals surface area (Å²) in [6.07, 6.45) is 3.18. The van der Waals surface area contributed by atoms with Crippen molar-refractivity contribution in [2.45, 2.75) is 47.0 Å². The van der Waals surface area contributed by atoms with Crippen LogP contribution in [0, 0.1) is 0 Å². The number of anilines is 1. The molecule has 2 aromatic heterocycles. The first-order valence-corrected chi connectivity index (χ1v) is 9.51. The molecule has 4 nitrogen and oxygen atoms in total. The number of aromatic nitrogens is 2. The van der Waals surface area contributed by atoms with Crippen LogP contribution in [0.3, 0.4) is 0 Å². The van der Waals surface area contributed by atoms with Gasteiger partial charge in [0.1, 0.15) is 0 Å². The SMILES string of the molecule is CCc1cc2c(nc1-c1ccc(C(C)C)nc1OC)C(C)=CCN2CC. The van der Waals surface area contributed by atoms with Crippen LogP contribution in [0.25, 0.3) is 16.8 Å². The minimum Gasteiger partial charge on any atom is -0.480 e. The summed E-state index contributed by atoms with van der Waals surface area (Å²) < 4.78 is 5.63. The van der Waals surface area contributed by atoms with Crippen molar-refractivity contribution in [2.24, 2.45) is 0 Å². The number of hydrogen-bond donors (Lipinski definition) is 0. The summed E-state index contributed by atoms with van der Waals surface area (Å²) in [7, 11) is 1.68. The third kappa shape index (κ3) is 3.20. The molecule has 0 aliphatic carbocycles. The van der Waals surface area contributed by atoms with Gasteiger partial charge in [-0.05, 0) is 55.5 Å². The first-order valence-electron chi connectivity index (χ1n) is 9.51. The maximum atomic E-state index is 5.63. The van der Waals surface area contributed by atoms with E-state index < -0.39 is 0 Å². The van der Waals surface area contributed by atoms with Gasteiger partial charge in [0, 0.05) is 18.8 Å². The Kier molecular flexibility index (Phi) is 5.30. The molecule has 0 atom stereocenters. The van der Waals surface area contributed by atoms with Gasteiger partial charge in [0.05, 0.1) is 29.7 Å². The lowest BCUT2D eigenvalue weighted by Crippen LogP contribution is -2.27. The second-order valence-corrected chi connectivity index (χ2v) is 7.09. The number of nitrogens with zero attached hydrogens (tertiary/aromatic N) is 3. The molecule has 0 fully saturated rings. The number of pyridine rings is 2. The maximum absolute atomic E-state index is 5.63. The van der Waals surface area contributed by atoms with Gasteiger partial charge >= 0.3 is 0 Å². The second-order valence-electron chi connectivity index (χ2n) is 7.09. The molecule has 2 aromatic rings. The molecule has 0 aromatic carbocycles. The Morgan fingerprint density at radius 1 is 1.15 bits per heavy atom. The van der Waals surface area contributed by atoms with E-state index in [0.717, 1.165) is 42.2 Å². The first-order chi connectivity index (χ1) is 12.5. The summed E-state index contributed by atoms with van der Waals surface area (Å²) in [5, 5.41) is 0. The number of ether oxygens (including phenoxy) is 1. The van der Waals surface area contributed by atoms with E-state index >= 15 is 0 Å². The fourth-order valence-electron chi connectivity index (χ4n) is 3.43. The Morgan fingerprint density at radius 3 is 2.54 bits per heavy atom. The molecule has 3 rings (SSSR count). The molecule has 0 bridgehead atoms. The van der Waals surface area contributed by atoms with Gasteiger partial charge in [0.2, 0.25) is 5.88 Å². The molecule has 0 unspecified atom stereocenters. The smallest absolute Gasteiger partial charge is 0.222 e. The molecular formula is C22H29N3O. The molecule has 3 heterocycles. The van der Waals surface area contributed by atoms with Crippen LogP contribution in [0.1, 0.15) is 57.5 Å². The second kappa shape index (κ2) is 7.48. The zero-order valence-electron chi connectivity index (χ0n) is 16.8. The van der Waals surface area contributed by atoms with E-state index in [-0.39, 0.29) is 0 Å². The summed E-state index contributed by atoms with van der Waals surface area (Å²) in [6, 6.07) is 6.49. The molecule has 26 heavy (non-hydrogen) atoms. The van der Waals surface area contributed by atoms with Crippen LogP contribution in [0.15, 0.2) is 24.3 Å². The molecule has 0 amide bonds. The minimum absolute atomic E-state index is 0.364. The van der Waals surface area contributed by atoms with E-state index in [4.69, 9.17) is 14.7 Å². The predicted molar refractivity (Wildman–Crippen MR) is 109 cm³/mol. The lowest BCUT2D eigenvalue weighted by atomic mass is 9.98. The van der Waals surface area contributed by atoms with E-state index in [0.29, 0.717) is 11.8 Å². The van der Waals surface area contributed by atoms with Crippen molar-refractivity contribution in [3.05, 3.63) is 41.2 Å². The molecule has 0 spiro atoms. The van der Waals surface area contributed by atoms with Crippen LogP contribution < -0.4 is 9.64 Å². The van der Waals surface area contributed by atoms with Crippen molar-refractivity contribution in [2.75, 3.05) is 25.1 Å². The van der Waals surface area contributed by atoms with Gasteiger partial charge in [0.25, 0.3) is 0 Å². The van der Waals surface area contributed by atoms with Gasteiger partial charge < -0.3 is 9.64 Å². The van der Waals surface area contributed by atoms with E-state index in [1.165, 1.54) is 16.8 Å². The van der Waals surface area contributed by atoms with Crippen molar-refractivity contribution >= 4 is 11.3 Å². The Labute approximate surface area is 156 Å². The van der Waals surface area contributed by atoms with Gasteiger partial charge in [-0.1, -0.05) is 26.8 Å². The summed E-state index contributed by atoms with van der Waals surface area (Å²) in [5.74, 6) is 1.02. The average molecular weight is 351 g/mol. The van der Waals surface area contributed by atoms with E-state index in [9.17, 15) is 0 Å². The number of likely N-dealkylation sites (N-methyl/N-ethyl adjacent to an activating group) is 1. The van der Waals surface area contributed by atoms with Crippen LogP contribution in [0.5, 0.6) is 5.88 Å². The highest BCUT2D eigenvalue weighted by Gasteiger charge is 2.22. The number of allylic oxidation sites excluding steroid dienone is 1. The summed E-state index contributed by atoms with van der Waals surface area (Å²) in [4.78, 5) is 12.2. The molecule has 4 heteroatoms. The van der Waals surface area contributed by atoms with Crippen molar-refractivity contribution in [1.82, 2.24) is 9.97 Å². The van der Waals surface area contributed by atoms with Gasteiger partial charge in [0.15, 0.2) is 0 Å². The number of fused-ring (bicyclic) bond motifs is 1. The fourth-order valence-corrected chi connectivity index (χ4v) is 3.43. The third-order valence-corrected chi connectivity index (χ3v) is 5.10. The highest BCUT2D eigenvalue weighted by atomic mass is 16.5. The lowest BCUT2D eigenvalue weighted by molar-refractivity contribution is 0.397. The Hall–Kier alpha value is -2.36. The zero-order chi connectivity index (χ0) is 18.8. The van der Waals surface area contributed by atoms with Crippen LogP contribution in [-0.4, -0.2) is 30.2 Å². The highest BCUT2D eigenvalue weighted by molar-refractivity contribution is 5.81. The third-order valence-electron chi connectivity index (χ3n) is 5.10. The minimum atomic E-state index is 0.364. The molecule has 1 aliphatic rings. The van der Waals surface area contributed by atoms with Crippen molar-refractivity contribution in [3.63, 3.8) is 0 Å². The van der Waals surface area contributed by atoms with Crippen LogP contribution in [-0.2, 0) is 6.42 Å². The van der Waals surface area contributed by atoms with Crippen LogP contribution in [0.4, 0.5) is 5.69 Å². The molecule has 0 radical (unpaired) electrons. The van der Waals surface area contributed by atoms with Crippen LogP contribution in [0.2, 0.25) is 0 Å². The monoisotopic (exact) mass is 351 g/mol. The molecule has 1 aliphatic heterocycles. The topological polar surface area (TPSA) is 38.3 Å². The lowest BCUT2D eigenvalue weighted by Gasteiger charge is -2.29. The Balaban J connectivity index is 2.20. The van der Waals surface area contributed by atoms with E-state index in [2.05, 4.69) is 63.8 Å². The number of aryl methyl sites for hydroxylation is 1. The van der Waals surface area contributed by atoms with Gasteiger partial charge in [-0.15, -0.1) is 0 Å². The quantitative estimate of drug-likeness (QED) is 0.753. The average Bonchev–Trinajstić information content (AvgIpc) is 2.66. The summed E-state index contributed by atoms with van der Waals surface area (Å²) in [6.45, 7) is 12.7. The van der Waals surface area contributed by atoms with Crippen LogP contribution >= 0.6 is 0 Å². The Morgan fingerprint density at radius 2 is 1.92 bits per heavy atom. The summed E-state index contributed by atoms with van der Waals surface area (Å²) in [5.41, 5.74) is 7.76.